The fourth-order valence-electron chi connectivity index (χ4n) is 1.58. The van der Waals surface area contributed by atoms with Crippen LogP contribution in [-0.2, 0) is 10.5 Å². The molecule has 3 heteroatoms. The first-order valence-electron chi connectivity index (χ1n) is 5.92. The normalized spacial score (nSPS) is 10.7. The van der Waals surface area contributed by atoms with Crippen LogP contribution in [0.3, 0.4) is 0 Å². The van der Waals surface area contributed by atoms with E-state index in [1.165, 1.54) is 10.5 Å². The minimum Gasteiger partial charge on any atom is -0.478 e. The van der Waals surface area contributed by atoms with Crippen molar-refractivity contribution < 1.29 is 9.90 Å². The second-order valence-corrected chi connectivity index (χ2v) is 5.06. The van der Waals surface area contributed by atoms with E-state index in [0.29, 0.717) is 0 Å². The minimum atomic E-state index is -0.927. The summed E-state index contributed by atoms with van der Waals surface area (Å²) in [4.78, 5) is 11.7. The summed E-state index contributed by atoms with van der Waals surface area (Å²) < 4.78 is 0. The molecule has 2 rings (SSSR count). The van der Waals surface area contributed by atoms with Crippen molar-refractivity contribution >= 4 is 23.8 Å². The Morgan fingerprint density at radius 1 is 1.05 bits per heavy atom. The Bertz CT molecular complexity index is 559. The predicted octanol–water partition coefficient (Wildman–Crippen LogP) is 4.08. The molecule has 1 N–H and O–H groups in total. The fraction of sp³-hybridized carbons (Fsp3) is 0.0625. The lowest BCUT2D eigenvalue weighted by Gasteiger charge is -2.02. The molecule has 0 aliphatic heterocycles. The Balaban J connectivity index is 1.94. The molecular weight excluding hydrogens is 256 g/mol. The SMILES string of the molecule is O=C(O)C=Cc1ccc(CSc2ccccc2)cc1. The van der Waals surface area contributed by atoms with E-state index in [4.69, 9.17) is 5.11 Å². The molecule has 0 fully saturated rings. The van der Waals surface area contributed by atoms with Crippen LogP contribution in [0.1, 0.15) is 11.1 Å². The Labute approximate surface area is 116 Å². The van der Waals surface area contributed by atoms with E-state index in [9.17, 15) is 4.79 Å². The highest BCUT2D eigenvalue weighted by Gasteiger charge is 1.96. The molecule has 0 radical (unpaired) electrons. The van der Waals surface area contributed by atoms with Crippen molar-refractivity contribution in [3.8, 4) is 0 Å². The van der Waals surface area contributed by atoms with Crippen LogP contribution in [0.2, 0.25) is 0 Å². The molecule has 2 aromatic carbocycles. The van der Waals surface area contributed by atoms with E-state index in [2.05, 4.69) is 12.1 Å². The second kappa shape index (κ2) is 6.81. The smallest absolute Gasteiger partial charge is 0.328 e. The number of carboxylic acids is 1. The monoisotopic (exact) mass is 270 g/mol. The van der Waals surface area contributed by atoms with Gasteiger partial charge in [-0.3, -0.25) is 0 Å². The third-order valence-corrected chi connectivity index (χ3v) is 3.63. The number of benzene rings is 2. The Morgan fingerprint density at radius 3 is 2.37 bits per heavy atom. The van der Waals surface area contributed by atoms with Gasteiger partial charge in [0.2, 0.25) is 0 Å². The molecule has 0 saturated carbocycles. The average molecular weight is 270 g/mol. The van der Waals surface area contributed by atoms with Crippen LogP contribution in [0.15, 0.2) is 65.6 Å². The first-order chi connectivity index (χ1) is 9.24. The average Bonchev–Trinajstić information content (AvgIpc) is 2.45. The number of rotatable bonds is 5. The Hall–Kier alpha value is -2.00. The van der Waals surface area contributed by atoms with Gasteiger partial charge in [-0.25, -0.2) is 4.79 Å². The number of aliphatic carboxylic acids is 1. The molecule has 0 heterocycles. The molecule has 0 bridgehead atoms. The van der Waals surface area contributed by atoms with E-state index in [-0.39, 0.29) is 0 Å². The van der Waals surface area contributed by atoms with Gasteiger partial charge in [-0.05, 0) is 29.3 Å². The fourth-order valence-corrected chi connectivity index (χ4v) is 2.45. The molecule has 19 heavy (non-hydrogen) atoms. The highest BCUT2D eigenvalue weighted by molar-refractivity contribution is 7.98. The highest BCUT2D eigenvalue weighted by Crippen LogP contribution is 2.22. The van der Waals surface area contributed by atoms with Crippen molar-refractivity contribution in [2.24, 2.45) is 0 Å². The van der Waals surface area contributed by atoms with Gasteiger partial charge in [0, 0.05) is 16.7 Å². The van der Waals surface area contributed by atoms with Crippen LogP contribution < -0.4 is 0 Å². The van der Waals surface area contributed by atoms with Gasteiger partial charge in [0.1, 0.15) is 0 Å². The van der Waals surface area contributed by atoms with Gasteiger partial charge in [0.15, 0.2) is 0 Å². The van der Waals surface area contributed by atoms with Crippen LogP contribution in [0.4, 0.5) is 0 Å². The summed E-state index contributed by atoms with van der Waals surface area (Å²) in [6.07, 6.45) is 2.74. The van der Waals surface area contributed by atoms with Gasteiger partial charge in [-0.15, -0.1) is 11.8 Å². The van der Waals surface area contributed by atoms with E-state index in [0.717, 1.165) is 17.4 Å². The third kappa shape index (κ3) is 4.64. The summed E-state index contributed by atoms with van der Waals surface area (Å²) in [5.41, 5.74) is 2.12. The van der Waals surface area contributed by atoms with Gasteiger partial charge in [-0.2, -0.15) is 0 Å². The minimum absolute atomic E-state index is 0.899. The topological polar surface area (TPSA) is 37.3 Å². The van der Waals surface area contributed by atoms with Crippen molar-refractivity contribution in [2.45, 2.75) is 10.6 Å². The van der Waals surface area contributed by atoms with Gasteiger partial charge >= 0.3 is 5.97 Å². The number of carboxylic acid groups (broad SMARTS) is 1. The standard InChI is InChI=1S/C16H14O2S/c17-16(18)11-10-13-6-8-14(9-7-13)12-19-15-4-2-1-3-5-15/h1-11H,12H2,(H,17,18). The zero-order valence-corrected chi connectivity index (χ0v) is 11.1. The molecule has 0 spiro atoms. The van der Waals surface area contributed by atoms with Gasteiger partial charge in [0.25, 0.3) is 0 Å². The summed E-state index contributed by atoms with van der Waals surface area (Å²) >= 11 is 1.79. The number of hydrogen-bond acceptors (Lipinski definition) is 2. The molecule has 0 saturated heterocycles. The van der Waals surface area contributed by atoms with E-state index in [1.807, 2.05) is 42.5 Å². The summed E-state index contributed by atoms with van der Waals surface area (Å²) in [5, 5.41) is 8.55. The number of thioether (sulfide) groups is 1. The lowest BCUT2D eigenvalue weighted by Crippen LogP contribution is -1.86. The molecule has 0 aromatic heterocycles. The maximum Gasteiger partial charge on any atom is 0.328 e. The van der Waals surface area contributed by atoms with Crippen LogP contribution in [0.25, 0.3) is 6.08 Å². The summed E-state index contributed by atoms with van der Waals surface area (Å²) in [6, 6.07) is 18.2. The van der Waals surface area contributed by atoms with Crippen molar-refractivity contribution in [1.29, 1.82) is 0 Å². The molecule has 0 amide bonds. The number of hydrogen-bond donors (Lipinski definition) is 1. The third-order valence-electron chi connectivity index (χ3n) is 2.55. The number of carbonyl (C=O) groups is 1. The molecule has 2 aromatic rings. The van der Waals surface area contributed by atoms with Crippen molar-refractivity contribution in [1.82, 2.24) is 0 Å². The van der Waals surface area contributed by atoms with E-state index in [1.54, 1.807) is 17.8 Å². The van der Waals surface area contributed by atoms with Crippen LogP contribution in [0, 0.1) is 0 Å². The first kappa shape index (κ1) is 13.4. The van der Waals surface area contributed by atoms with Crippen molar-refractivity contribution in [2.75, 3.05) is 0 Å². The Kier molecular flexibility index (Phi) is 4.81. The summed E-state index contributed by atoms with van der Waals surface area (Å²) in [5.74, 6) is -0.0175. The lowest BCUT2D eigenvalue weighted by molar-refractivity contribution is -0.131. The zero-order valence-electron chi connectivity index (χ0n) is 10.3. The highest BCUT2D eigenvalue weighted by atomic mass is 32.2. The maximum absolute atomic E-state index is 10.4. The quantitative estimate of drug-likeness (QED) is 0.657. The zero-order chi connectivity index (χ0) is 13.5. The molecule has 96 valence electrons. The largest absolute Gasteiger partial charge is 0.478 e. The van der Waals surface area contributed by atoms with Crippen LogP contribution in [0.5, 0.6) is 0 Å². The van der Waals surface area contributed by atoms with Crippen LogP contribution in [-0.4, -0.2) is 11.1 Å². The van der Waals surface area contributed by atoms with E-state index >= 15 is 0 Å². The maximum atomic E-state index is 10.4. The molecule has 0 unspecified atom stereocenters. The predicted molar refractivity (Wildman–Crippen MR) is 79.1 cm³/mol. The lowest BCUT2D eigenvalue weighted by atomic mass is 10.1. The summed E-state index contributed by atoms with van der Waals surface area (Å²) in [6.45, 7) is 0. The first-order valence-corrected chi connectivity index (χ1v) is 6.90. The molecule has 0 aliphatic rings. The van der Waals surface area contributed by atoms with E-state index < -0.39 is 5.97 Å². The van der Waals surface area contributed by atoms with Gasteiger partial charge < -0.3 is 5.11 Å². The molecule has 2 nitrogen and oxygen atoms in total. The molecule has 0 atom stereocenters. The molecule has 0 aliphatic carbocycles. The van der Waals surface area contributed by atoms with Crippen LogP contribution >= 0.6 is 11.8 Å². The van der Waals surface area contributed by atoms with Crippen molar-refractivity contribution in [3.05, 3.63) is 71.8 Å². The molecular formula is C16H14O2S. The van der Waals surface area contributed by atoms with Crippen molar-refractivity contribution in [3.63, 3.8) is 0 Å². The van der Waals surface area contributed by atoms with Gasteiger partial charge in [-0.1, -0.05) is 42.5 Å². The Morgan fingerprint density at radius 2 is 1.74 bits per heavy atom. The van der Waals surface area contributed by atoms with Gasteiger partial charge in [0.05, 0.1) is 0 Å². The second-order valence-electron chi connectivity index (χ2n) is 4.01. The summed E-state index contributed by atoms with van der Waals surface area (Å²) in [7, 11) is 0.